The fraction of sp³-hybridized carbons (Fsp3) is 0.154. The molecule has 0 aromatic heterocycles. The van der Waals surface area contributed by atoms with Gasteiger partial charge in [0.15, 0.2) is 34.8 Å². The van der Waals surface area contributed by atoms with Crippen LogP contribution in [0.1, 0.15) is 83.8 Å². The van der Waals surface area contributed by atoms with Gasteiger partial charge in [0, 0.05) is 12.1 Å². The number of carbonyl (C=O) groups is 6. The van der Waals surface area contributed by atoms with Crippen molar-refractivity contribution in [3.63, 3.8) is 0 Å². The number of fused-ring (bicyclic) bond motifs is 3. The molecule has 16 nitrogen and oxygen atoms in total. The summed E-state index contributed by atoms with van der Waals surface area (Å²) in [4.78, 5) is 63.0. The Labute approximate surface area is 427 Å². The van der Waals surface area contributed by atoms with E-state index < -0.39 is 99.9 Å². The Balaban J connectivity index is 0.000000209. The maximum absolute atomic E-state index is 13.1. The summed E-state index contributed by atoms with van der Waals surface area (Å²) in [7, 11) is 1.62. The van der Waals surface area contributed by atoms with Crippen LogP contribution in [-0.4, -0.2) is 79.9 Å². The second kappa shape index (κ2) is 25.6. The molecule has 0 aliphatic carbocycles. The Bertz CT molecular complexity index is 3310. The molecule has 7 aromatic rings. The third-order valence-electron chi connectivity index (χ3n) is 10.6. The van der Waals surface area contributed by atoms with Crippen molar-refractivity contribution < 1.29 is 113 Å². The lowest BCUT2D eigenvalue weighted by molar-refractivity contribution is -0.286. The number of hydrogen-bond donors (Lipinski definition) is 7. The van der Waals surface area contributed by atoms with Gasteiger partial charge in [-0.2, -0.15) is 13.2 Å². The number of nitrogens with two attached hydrogens (primary N) is 1. The Kier molecular flexibility index (Phi) is 19.9. The molecule has 1 heterocycles. The minimum atomic E-state index is -4.51. The van der Waals surface area contributed by atoms with Gasteiger partial charge in [-0.15, -0.1) is 8.78 Å². The van der Waals surface area contributed by atoms with E-state index in [4.69, 9.17) is 36.0 Å². The van der Waals surface area contributed by atoms with Crippen molar-refractivity contribution in [2.45, 2.75) is 44.6 Å². The quantitative estimate of drug-likeness (QED) is 0.0208. The number of nitrogen functional groups attached to an aromatic ring is 1. The summed E-state index contributed by atoms with van der Waals surface area (Å²) in [5, 5.41) is 55.8. The number of aliphatic carboxylic acids is 2. The molecule has 7 aromatic carbocycles. The maximum atomic E-state index is 13.1. The molecule has 0 radical (unpaired) electrons. The minimum absolute atomic E-state index is 0.134. The van der Waals surface area contributed by atoms with Crippen LogP contribution in [0.15, 0.2) is 115 Å². The largest absolute Gasteiger partial charge is 0.586 e. The van der Waals surface area contributed by atoms with Gasteiger partial charge in [-0.1, -0.05) is 54.6 Å². The number of benzene rings is 7. The van der Waals surface area contributed by atoms with Crippen molar-refractivity contribution in [2.24, 2.45) is 0 Å². The first-order chi connectivity index (χ1) is 36.0. The highest BCUT2D eigenvalue weighted by molar-refractivity contribution is 6.01. The molecule has 25 heteroatoms. The zero-order chi connectivity index (χ0) is 57.7. The van der Waals surface area contributed by atoms with E-state index in [-0.39, 0.29) is 29.0 Å². The molecular formula is C52H40F9NO15. The van der Waals surface area contributed by atoms with Gasteiger partial charge in [-0.25, -0.2) is 36.7 Å². The van der Waals surface area contributed by atoms with Crippen LogP contribution >= 0.6 is 0 Å². The van der Waals surface area contributed by atoms with E-state index in [9.17, 15) is 73.4 Å². The van der Waals surface area contributed by atoms with Crippen LogP contribution in [0.25, 0.3) is 21.5 Å². The zero-order valence-corrected chi connectivity index (χ0v) is 39.5. The average molecular weight is 1090 g/mol. The number of alkyl halides is 5. The first kappa shape index (κ1) is 60.0. The Morgan fingerprint density at radius 1 is 0.623 bits per heavy atom. The number of aryl methyl sites for hydroxylation is 1. The first-order valence-corrected chi connectivity index (χ1v) is 21.6. The molecular weight excluding hydrogens is 1050 g/mol. The fourth-order valence-corrected chi connectivity index (χ4v) is 6.76. The van der Waals surface area contributed by atoms with Crippen molar-refractivity contribution in [1.82, 2.24) is 0 Å². The summed E-state index contributed by atoms with van der Waals surface area (Å²) in [6, 6.07) is 31.2. The van der Waals surface area contributed by atoms with E-state index in [0.717, 1.165) is 63.7 Å². The van der Waals surface area contributed by atoms with E-state index in [1.807, 2.05) is 54.6 Å². The Morgan fingerprint density at radius 2 is 1.18 bits per heavy atom. The second-order valence-corrected chi connectivity index (χ2v) is 15.8. The monoisotopic (exact) mass is 1090 g/mol. The van der Waals surface area contributed by atoms with E-state index in [0.29, 0.717) is 18.6 Å². The summed E-state index contributed by atoms with van der Waals surface area (Å²) in [5.41, 5.74) is 1.63. The molecule has 0 spiro atoms. The molecule has 0 bridgehead atoms. The van der Waals surface area contributed by atoms with Gasteiger partial charge in [-0.05, 0) is 113 Å². The predicted molar refractivity (Wildman–Crippen MR) is 254 cm³/mol. The van der Waals surface area contributed by atoms with Gasteiger partial charge < -0.3 is 50.6 Å². The molecule has 1 aliphatic rings. The zero-order valence-electron chi connectivity index (χ0n) is 39.5. The van der Waals surface area contributed by atoms with Crippen LogP contribution in [0.3, 0.4) is 0 Å². The molecule has 77 heavy (non-hydrogen) atoms. The molecule has 1 atom stereocenters. The molecule has 1 aliphatic heterocycles. The maximum Gasteiger partial charge on any atom is 0.586 e. The van der Waals surface area contributed by atoms with Gasteiger partial charge in [0.05, 0.1) is 29.7 Å². The number of aromatic carboxylic acids is 4. The topological polar surface area (TPSA) is 278 Å². The van der Waals surface area contributed by atoms with Crippen molar-refractivity contribution >= 4 is 63.0 Å². The van der Waals surface area contributed by atoms with Crippen LogP contribution in [0.5, 0.6) is 17.2 Å². The summed E-state index contributed by atoms with van der Waals surface area (Å²) >= 11 is 0. The third kappa shape index (κ3) is 16.0. The highest BCUT2D eigenvalue weighted by atomic mass is 19.4. The molecule has 0 fully saturated rings. The lowest BCUT2D eigenvalue weighted by atomic mass is 9.93. The summed E-state index contributed by atoms with van der Waals surface area (Å²) in [5.74, 6) is -17.8. The number of carboxylic acids is 6. The Morgan fingerprint density at radius 3 is 1.68 bits per heavy atom. The fourth-order valence-electron chi connectivity index (χ4n) is 6.76. The number of rotatable bonds is 11. The van der Waals surface area contributed by atoms with Crippen LogP contribution in [0.2, 0.25) is 0 Å². The Hall–Kier alpha value is -9.55. The summed E-state index contributed by atoms with van der Waals surface area (Å²) in [6.45, 7) is 1.73. The molecule has 8 rings (SSSR count). The molecule has 8 N–H and O–H groups in total. The number of methoxy groups -OCH3 is 1. The van der Waals surface area contributed by atoms with E-state index in [1.54, 1.807) is 14.0 Å². The molecule has 0 saturated heterocycles. The van der Waals surface area contributed by atoms with Crippen LogP contribution < -0.4 is 19.9 Å². The van der Waals surface area contributed by atoms with Gasteiger partial charge in [-0.3, -0.25) is 9.59 Å². The molecule has 0 saturated carbocycles. The van der Waals surface area contributed by atoms with Gasteiger partial charge in [0.1, 0.15) is 16.9 Å². The molecule has 406 valence electrons. The smallest absolute Gasteiger partial charge is 0.497 e. The SMILES string of the molecule is CC(C(=O)O)c1cccc2cc3ccccc3cc12.COc1ccc(CCCC(=O)O)cc1.Nc1cc(C(F)(F)F)ccc1C(=O)O.O=C(O)c1c(F)c(F)c(F)c(C(=O)O)c1F.O=C(O)c1ccc2c(c1)OC(F)(F)O2. The van der Waals surface area contributed by atoms with Crippen molar-refractivity contribution in [1.29, 1.82) is 0 Å². The summed E-state index contributed by atoms with van der Waals surface area (Å²) < 4.78 is 126. The number of anilines is 1. The minimum Gasteiger partial charge on any atom is -0.497 e. The standard InChI is InChI=1S/C17H14O2.C11H14O3.C8H2F4O4.C8H6F3NO2.C8H4F2O4/c1-11(17(18)19)15-8-4-7-14-9-12-5-2-3-6-13(12)10-16(14)15;1-14-10-7-5-9(6-8-10)3-2-4-11(12)13;9-3-1(7(13)14)4(10)6(12)5(11)2(3)8(15)16;9-8(10,11)4-1-2-5(7(13)14)6(12)3-4;9-8(10)13-5-2-1-4(7(11)12)3-6(5)14-8/h2-11H,1H3,(H,18,19);5-8H,2-4H2,1H3,(H,12,13);(H,13,14)(H,15,16);1-3H,12H2,(H,13,14);1-3H,(H,11,12). The van der Waals surface area contributed by atoms with Gasteiger partial charge >= 0.3 is 48.3 Å². The highest BCUT2D eigenvalue weighted by Gasteiger charge is 2.43. The third-order valence-corrected chi connectivity index (χ3v) is 10.6. The number of halogens is 9. The number of ether oxygens (including phenoxy) is 3. The lowest BCUT2D eigenvalue weighted by Gasteiger charge is -2.11. The van der Waals surface area contributed by atoms with Crippen LogP contribution in [0.4, 0.5) is 45.2 Å². The summed E-state index contributed by atoms with van der Waals surface area (Å²) in [6.07, 6.45) is -6.51. The van der Waals surface area contributed by atoms with Crippen LogP contribution in [0, 0.1) is 23.3 Å². The number of hydrogen-bond acceptors (Lipinski definition) is 10. The predicted octanol–water partition coefficient (Wildman–Crippen LogP) is 11.6. The second-order valence-electron chi connectivity index (χ2n) is 15.8. The van der Waals surface area contributed by atoms with E-state index in [1.165, 1.54) is 5.39 Å². The van der Waals surface area contributed by atoms with E-state index in [2.05, 4.69) is 33.7 Å². The van der Waals surface area contributed by atoms with Crippen molar-refractivity contribution in [2.75, 3.05) is 12.8 Å². The lowest BCUT2D eigenvalue weighted by Crippen LogP contribution is -2.25. The normalized spacial score (nSPS) is 12.1. The van der Waals surface area contributed by atoms with Gasteiger partial charge in [0.25, 0.3) is 0 Å². The van der Waals surface area contributed by atoms with Gasteiger partial charge in [0.2, 0.25) is 0 Å². The molecule has 0 amide bonds. The number of carboxylic acid groups (broad SMARTS) is 6. The van der Waals surface area contributed by atoms with Crippen molar-refractivity contribution in [3.05, 3.63) is 177 Å². The first-order valence-electron chi connectivity index (χ1n) is 21.6. The van der Waals surface area contributed by atoms with Crippen LogP contribution in [-0.2, 0) is 22.2 Å². The van der Waals surface area contributed by atoms with E-state index >= 15 is 0 Å². The highest BCUT2D eigenvalue weighted by Crippen LogP contribution is 2.41. The molecule has 1 unspecified atom stereocenters. The average Bonchev–Trinajstić information content (AvgIpc) is 3.68. The van der Waals surface area contributed by atoms with Crippen molar-refractivity contribution in [3.8, 4) is 17.2 Å².